The number of carbonyl (C=O) groups is 2. The van der Waals surface area contributed by atoms with Crippen LogP contribution in [0.2, 0.25) is 0 Å². The van der Waals surface area contributed by atoms with Gasteiger partial charge in [-0.15, -0.1) is 0 Å². The number of methoxy groups -OCH3 is 1. The van der Waals surface area contributed by atoms with Crippen molar-refractivity contribution in [2.75, 3.05) is 12.0 Å². The number of hydrogen-bond donors (Lipinski definition) is 0. The minimum Gasteiger partial charge on any atom is -0.497 e. The van der Waals surface area contributed by atoms with Crippen molar-refractivity contribution in [3.05, 3.63) is 59.9 Å². The fourth-order valence-corrected chi connectivity index (χ4v) is 3.12. The highest BCUT2D eigenvalue weighted by atomic mass is 19.1. The van der Waals surface area contributed by atoms with Gasteiger partial charge < -0.3 is 4.74 Å². The summed E-state index contributed by atoms with van der Waals surface area (Å²) >= 11 is 0. The molecule has 2 aromatic carbocycles. The summed E-state index contributed by atoms with van der Waals surface area (Å²) in [4.78, 5) is 26.4. The molecule has 4 rings (SSSR count). The van der Waals surface area contributed by atoms with E-state index >= 15 is 0 Å². The molecule has 1 fully saturated rings. The summed E-state index contributed by atoms with van der Waals surface area (Å²) in [5, 5.41) is 9.48. The van der Waals surface area contributed by atoms with E-state index in [9.17, 15) is 14.0 Å². The molecule has 2 aliphatic rings. The monoisotopic (exact) mass is 354 g/mol. The van der Waals surface area contributed by atoms with Gasteiger partial charge in [-0.25, -0.2) is 9.29 Å². The van der Waals surface area contributed by atoms with Gasteiger partial charge in [-0.05, 0) is 42.0 Å². The highest BCUT2D eigenvalue weighted by molar-refractivity contribution is 6.25. The molecule has 0 N–H and O–H groups in total. The van der Waals surface area contributed by atoms with E-state index in [1.807, 2.05) is 24.3 Å². The first kappa shape index (κ1) is 16.2. The Morgan fingerprint density at radius 3 is 2.38 bits per heavy atom. The van der Waals surface area contributed by atoms with Crippen molar-refractivity contribution in [2.45, 2.75) is 18.6 Å². The summed E-state index contributed by atoms with van der Waals surface area (Å²) in [6, 6.07) is 10.9. The lowest BCUT2D eigenvalue weighted by molar-refractivity contribution is -0.123. The van der Waals surface area contributed by atoms with Crippen LogP contribution in [0.15, 0.2) is 58.9 Å². The zero-order valence-electron chi connectivity index (χ0n) is 13.9. The van der Waals surface area contributed by atoms with Gasteiger partial charge in [0.05, 0.1) is 19.3 Å². The molecular weight excluding hydrogens is 339 g/mol. The van der Waals surface area contributed by atoms with Crippen LogP contribution in [0.1, 0.15) is 5.56 Å². The zero-order valence-corrected chi connectivity index (χ0v) is 13.9. The molecule has 2 atom stereocenters. The molecule has 132 valence electrons. The van der Waals surface area contributed by atoms with E-state index in [4.69, 9.17) is 4.74 Å². The van der Waals surface area contributed by atoms with Gasteiger partial charge in [-0.3, -0.25) is 14.6 Å². The van der Waals surface area contributed by atoms with Gasteiger partial charge in [-0.1, -0.05) is 17.4 Å². The Kier molecular flexibility index (Phi) is 3.87. The summed E-state index contributed by atoms with van der Waals surface area (Å²) < 4.78 is 18.2. The van der Waals surface area contributed by atoms with Crippen LogP contribution in [-0.2, 0) is 16.1 Å². The summed E-state index contributed by atoms with van der Waals surface area (Å²) in [5.74, 6) is -0.573. The predicted molar refractivity (Wildman–Crippen MR) is 89.9 cm³/mol. The molecule has 0 aliphatic carbocycles. The van der Waals surface area contributed by atoms with Gasteiger partial charge in [0.25, 0.3) is 11.8 Å². The number of nitrogens with zero attached hydrogens (tertiary/aromatic N) is 4. The Balaban J connectivity index is 1.56. The third kappa shape index (κ3) is 2.59. The highest BCUT2D eigenvalue weighted by Gasteiger charge is 2.54. The zero-order chi connectivity index (χ0) is 18.3. The quantitative estimate of drug-likeness (QED) is 0.790. The van der Waals surface area contributed by atoms with Crippen LogP contribution in [0.25, 0.3) is 0 Å². The first-order valence-electron chi connectivity index (χ1n) is 8.02. The van der Waals surface area contributed by atoms with Gasteiger partial charge in [-0.2, -0.15) is 5.11 Å². The van der Waals surface area contributed by atoms with Crippen molar-refractivity contribution in [1.82, 2.24) is 5.01 Å². The molecule has 2 aliphatic heterocycles. The summed E-state index contributed by atoms with van der Waals surface area (Å²) in [5.41, 5.74) is 1.24. The molecule has 0 unspecified atom stereocenters. The maximum absolute atomic E-state index is 13.1. The Morgan fingerprint density at radius 1 is 1.04 bits per heavy atom. The molecule has 1 saturated heterocycles. The normalized spacial score (nSPS) is 21.5. The molecule has 26 heavy (non-hydrogen) atoms. The molecule has 8 heteroatoms. The minimum atomic E-state index is -0.870. The standard InChI is InChI=1S/C18H15FN4O3/c1-26-14-8-2-11(3-9-14)10-22-16-15(20-21-22)17(24)23(18(16)25)13-6-4-12(19)5-7-13/h2-9,15-16H,10H2,1H3/t15-,16+/m0/s1. The fraction of sp³-hybridized carbons (Fsp3) is 0.222. The molecule has 0 bridgehead atoms. The van der Waals surface area contributed by atoms with E-state index in [-0.39, 0.29) is 0 Å². The Bertz CT molecular complexity index is 882. The van der Waals surface area contributed by atoms with Crippen molar-refractivity contribution in [3.8, 4) is 5.75 Å². The predicted octanol–water partition coefficient (Wildman–Crippen LogP) is 2.33. The second kappa shape index (κ2) is 6.21. The largest absolute Gasteiger partial charge is 0.497 e. The molecule has 2 amide bonds. The lowest BCUT2D eigenvalue weighted by Crippen LogP contribution is -2.39. The first-order chi connectivity index (χ1) is 12.6. The maximum atomic E-state index is 13.1. The average Bonchev–Trinajstić information content (AvgIpc) is 3.17. The lowest BCUT2D eigenvalue weighted by Gasteiger charge is -2.20. The van der Waals surface area contributed by atoms with Crippen LogP contribution in [0, 0.1) is 5.82 Å². The number of anilines is 1. The van der Waals surface area contributed by atoms with Crippen LogP contribution in [-0.4, -0.2) is 36.0 Å². The molecular formula is C18H15FN4O3. The van der Waals surface area contributed by atoms with Gasteiger partial charge in [0.1, 0.15) is 11.6 Å². The maximum Gasteiger partial charge on any atom is 0.263 e. The smallest absolute Gasteiger partial charge is 0.263 e. The van der Waals surface area contributed by atoms with Crippen LogP contribution in [0.3, 0.4) is 0 Å². The summed E-state index contributed by atoms with van der Waals surface area (Å²) in [6.07, 6.45) is 0. The molecule has 0 aromatic heterocycles. The van der Waals surface area contributed by atoms with Crippen LogP contribution in [0.5, 0.6) is 5.75 Å². The summed E-state index contributed by atoms with van der Waals surface area (Å²) in [7, 11) is 1.58. The Morgan fingerprint density at radius 2 is 1.73 bits per heavy atom. The third-order valence-electron chi connectivity index (χ3n) is 4.45. The van der Waals surface area contributed by atoms with Gasteiger partial charge in [0.15, 0.2) is 12.1 Å². The van der Waals surface area contributed by atoms with Crippen LogP contribution in [0.4, 0.5) is 10.1 Å². The van der Waals surface area contributed by atoms with E-state index in [1.54, 1.807) is 7.11 Å². The van der Waals surface area contributed by atoms with Crippen molar-refractivity contribution >= 4 is 17.5 Å². The third-order valence-corrected chi connectivity index (χ3v) is 4.45. The molecule has 2 heterocycles. The molecule has 0 radical (unpaired) electrons. The number of rotatable bonds is 4. The fourth-order valence-electron chi connectivity index (χ4n) is 3.12. The van der Waals surface area contributed by atoms with Crippen LogP contribution < -0.4 is 9.64 Å². The number of fused-ring (bicyclic) bond motifs is 1. The Labute approximate surface area is 148 Å². The van der Waals surface area contributed by atoms with E-state index in [0.29, 0.717) is 12.2 Å². The average molecular weight is 354 g/mol. The SMILES string of the molecule is COc1ccc(CN2N=N[C@@H]3C(=O)N(c4ccc(F)cc4)C(=O)[C@@H]32)cc1. The number of carbonyl (C=O) groups excluding carboxylic acids is 2. The topological polar surface area (TPSA) is 74.6 Å². The van der Waals surface area contributed by atoms with Crippen molar-refractivity contribution in [2.24, 2.45) is 10.3 Å². The lowest BCUT2D eigenvalue weighted by atomic mass is 10.1. The number of ether oxygens (including phenoxy) is 1. The van der Waals surface area contributed by atoms with Crippen molar-refractivity contribution in [3.63, 3.8) is 0 Å². The van der Waals surface area contributed by atoms with E-state index < -0.39 is 29.7 Å². The number of halogens is 1. The minimum absolute atomic E-state index is 0.329. The second-order valence-corrected chi connectivity index (χ2v) is 6.03. The Hall–Kier alpha value is -3.29. The van der Waals surface area contributed by atoms with Crippen molar-refractivity contribution in [1.29, 1.82) is 0 Å². The number of amides is 2. The van der Waals surface area contributed by atoms with Crippen molar-refractivity contribution < 1.29 is 18.7 Å². The molecule has 2 aromatic rings. The van der Waals surface area contributed by atoms with Gasteiger partial charge in [0.2, 0.25) is 0 Å². The van der Waals surface area contributed by atoms with Gasteiger partial charge >= 0.3 is 0 Å². The van der Waals surface area contributed by atoms with E-state index in [0.717, 1.165) is 16.2 Å². The van der Waals surface area contributed by atoms with Gasteiger partial charge in [0, 0.05) is 0 Å². The van der Waals surface area contributed by atoms with E-state index in [1.165, 1.54) is 29.3 Å². The number of benzene rings is 2. The second-order valence-electron chi connectivity index (χ2n) is 6.03. The molecule has 0 saturated carbocycles. The number of imide groups is 1. The first-order valence-corrected chi connectivity index (χ1v) is 8.02. The number of hydrogen-bond acceptors (Lipinski definition) is 6. The van der Waals surface area contributed by atoms with Crippen LogP contribution >= 0.6 is 0 Å². The van der Waals surface area contributed by atoms with E-state index in [2.05, 4.69) is 10.3 Å². The molecule has 0 spiro atoms. The summed E-state index contributed by atoms with van der Waals surface area (Å²) in [6.45, 7) is 0.338. The molecule has 7 nitrogen and oxygen atoms in total. The highest BCUT2D eigenvalue weighted by Crippen LogP contribution is 2.32.